The number of halogens is 3. The van der Waals surface area contributed by atoms with E-state index in [0.717, 1.165) is 45.2 Å². The van der Waals surface area contributed by atoms with Crippen molar-refractivity contribution in [1.29, 1.82) is 0 Å². The highest BCUT2D eigenvalue weighted by atomic mass is 19.4. The first kappa shape index (κ1) is 16.4. The Labute approximate surface area is 148 Å². The molecule has 4 rings (SSSR count). The largest absolute Gasteiger partial charge is 0.416 e. The smallest absolute Gasteiger partial charge is 0.355 e. The van der Waals surface area contributed by atoms with Crippen LogP contribution in [0.5, 0.6) is 0 Å². The SMILES string of the molecule is Cc1cc(Nc2cccc(C(F)(F)F)c2)c2ccc3ccccc3c2[nH+]1. The van der Waals surface area contributed by atoms with Gasteiger partial charge in [-0.2, -0.15) is 13.2 Å². The molecule has 130 valence electrons. The van der Waals surface area contributed by atoms with Gasteiger partial charge in [-0.15, -0.1) is 0 Å². The van der Waals surface area contributed by atoms with Crippen LogP contribution in [0.3, 0.4) is 0 Å². The van der Waals surface area contributed by atoms with Gasteiger partial charge in [0.1, 0.15) is 0 Å². The first-order valence-electron chi connectivity index (χ1n) is 8.20. The van der Waals surface area contributed by atoms with E-state index in [0.29, 0.717) is 5.69 Å². The molecule has 1 heterocycles. The molecule has 0 amide bonds. The number of hydrogen-bond acceptors (Lipinski definition) is 1. The molecule has 4 aromatic rings. The highest BCUT2D eigenvalue weighted by molar-refractivity contribution is 6.07. The third kappa shape index (κ3) is 2.96. The van der Waals surface area contributed by atoms with Gasteiger partial charge in [0, 0.05) is 18.7 Å². The van der Waals surface area contributed by atoms with Crippen molar-refractivity contribution < 1.29 is 18.2 Å². The molecule has 0 radical (unpaired) electrons. The van der Waals surface area contributed by atoms with Crippen molar-refractivity contribution in [3.8, 4) is 0 Å². The summed E-state index contributed by atoms with van der Waals surface area (Å²) in [6, 6.07) is 19.1. The molecule has 3 aromatic carbocycles. The summed E-state index contributed by atoms with van der Waals surface area (Å²) >= 11 is 0. The Morgan fingerprint density at radius 3 is 2.46 bits per heavy atom. The van der Waals surface area contributed by atoms with Gasteiger partial charge in [0.05, 0.1) is 22.0 Å². The standard InChI is InChI=1S/C21H15F3N2/c1-13-11-19(26-16-7-4-6-15(12-16)21(22,23)24)18-10-9-14-5-2-3-8-17(14)20(18)25-13/h2-12H,1H3,(H,25,26)/p+1. The second kappa shape index (κ2) is 6.02. The molecule has 0 saturated heterocycles. The van der Waals surface area contributed by atoms with Crippen molar-refractivity contribution in [1.82, 2.24) is 0 Å². The van der Waals surface area contributed by atoms with E-state index >= 15 is 0 Å². The second-order valence-corrected chi connectivity index (χ2v) is 6.28. The zero-order chi connectivity index (χ0) is 18.3. The van der Waals surface area contributed by atoms with Gasteiger partial charge in [-0.25, -0.2) is 4.98 Å². The molecule has 5 heteroatoms. The summed E-state index contributed by atoms with van der Waals surface area (Å²) in [4.78, 5) is 3.37. The second-order valence-electron chi connectivity index (χ2n) is 6.28. The lowest BCUT2D eigenvalue weighted by atomic mass is 10.0. The number of hydrogen-bond donors (Lipinski definition) is 1. The van der Waals surface area contributed by atoms with Gasteiger partial charge < -0.3 is 5.32 Å². The minimum Gasteiger partial charge on any atom is -0.355 e. The summed E-state index contributed by atoms with van der Waals surface area (Å²) in [6.07, 6.45) is -4.36. The van der Waals surface area contributed by atoms with Gasteiger partial charge in [0.15, 0.2) is 5.69 Å². The van der Waals surface area contributed by atoms with Crippen LogP contribution in [-0.4, -0.2) is 0 Å². The fourth-order valence-corrected chi connectivity index (χ4v) is 3.19. The van der Waals surface area contributed by atoms with Crippen molar-refractivity contribution in [2.45, 2.75) is 13.1 Å². The van der Waals surface area contributed by atoms with E-state index in [2.05, 4.69) is 10.3 Å². The third-order valence-electron chi connectivity index (χ3n) is 4.37. The van der Waals surface area contributed by atoms with Crippen molar-refractivity contribution in [2.24, 2.45) is 0 Å². The quantitative estimate of drug-likeness (QED) is 0.448. The van der Waals surface area contributed by atoms with Gasteiger partial charge in [-0.1, -0.05) is 30.3 Å². The van der Waals surface area contributed by atoms with Crippen molar-refractivity contribution in [2.75, 3.05) is 5.32 Å². The van der Waals surface area contributed by atoms with Crippen LogP contribution < -0.4 is 10.3 Å². The summed E-state index contributed by atoms with van der Waals surface area (Å²) in [7, 11) is 0. The van der Waals surface area contributed by atoms with E-state index in [-0.39, 0.29) is 0 Å². The number of aromatic nitrogens is 1. The Balaban J connectivity index is 1.86. The Morgan fingerprint density at radius 2 is 1.65 bits per heavy atom. The normalized spacial score (nSPS) is 11.8. The number of anilines is 2. The number of rotatable bonds is 2. The van der Waals surface area contributed by atoms with E-state index in [1.807, 2.05) is 49.4 Å². The molecular weight excluding hydrogens is 337 g/mol. The van der Waals surface area contributed by atoms with E-state index in [4.69, 9.17) is 0 Å². The fourth-order valence-electron chi connectivity index (χ4n) is 3.19. The predicted octanol–water partition coefficient (Wildman–Crippen LogP) is 5.88. The maximum atomic E-state index is 13.0. The molecule has 2 nitrogen and oxygen atoms in total. The fraction of sp³-hybridized carbons (Fsp3) is 0.0952. The molecule has 0 aliphatic heterocycles. The third-order valence-corrected chi connectivity index (χ3v) is 4.37. The molecular formula is C21H16F3N2+. The van der Waals surface area contributed by atoms with E-state index in [1.165, 1.54) is 6.07 Å². The van der Waals surface area contributed by atoms with Crippen LogP contribution in [0, 0.1) is 6.92 Å². The number of alkyl halides is 3. The van der Waals surface area contributed by atoms with E-state index in [1.54, 1.807) is 6.07 Å². The number of H-pyrrole nitrogens is 1. The summed E-state index contributed by atoms with van der Waals surface area (Å²) in [5.74, 6) is 0. The van der Waals surface area contributed by atoms with Crippen LogP contribution in [-0.2, 0) is 6.18 Å². The average molecular weight is 353 g/mol. The molecule has 0 saturated carbocycles. The van der Waals surface area contributed by atoms with Crippen LogP contribution in [0.2, 0.25) is 0 Å². The molecule has 2 N–H and O–H groups in total. The summed E-state index contributed by atoms with van der Waals surface area (Å²) in [5, 5.41) is 6.24. The molecule has 0 atom stereocenters. The molecule has 0 bridgehead atoms. The topological polar surface area (TPSA) is 26.2 Å². The van der Waals surface area contributed by atoms with Crippen LogP contribution in [0.15, 0.2) is 66.7 Å². The number of aromatic amines is 1. The number of nitrogens with one attached hydrogen (secondary N) is 2. The maximum Gasteiger partial charge on any atom is 0.416 e. The van der Waals surface area contributed by atoms with Crippen LogP contribution in [0.1, 0.15) is 11.3 Å². The maximum absolute atomic E-state index is 13.0. The number of benzene rings is 3. The lowest BCUT2D eigenvalue weighted by Gasteiger charge is -2.12. The van der Waals surface area contributed by atoms with Gasteiger partial charge in [-0.05, 0) is 35.7 Å². The van der Waals surface area contributed by atoms with Crippen LogP contribution in [0.4, 0.5) is 24.5 Å². The van der Waals surface area contributed by atoms with E-state index in [9.17, 15) is 13.2 Å². The minimum atomic E-state index is -4.36. The first-order valence-corrected chi connectivity index (χ1v) is 8.20. The zero-order valence-electron chi connectivity index (χ0n) is 14.0. The molecule has 0 aliphatic carbocycles. The summed E-state index contributed by atoms with van der Waals surface area (Å²) in [5.41, 5.74) is 2.37. The molecule has 26 heavy (non-hydrogen) atoms. The Bertz CT molecular complexity index is 1120. The Hall–Kier alpha value is -3.08. The molecule has 1 aromatic heterocycles. The van der Waals surface area contributed by atoms with Crippen molar-refractivity contribution >= 4 is 33.1 Å². The molecule has 0 spiro atoms. The van der Waals surface area contributed by atoms with Gasteiger partial charge in [-0.3, -0.25) is 0 Å². The molecule has 0 fully saturated rings. The average Bonchev–Trinajstić information content (AvgIpc) is 2.61. The number of aryl methyl sites for hydroxylation is 1. The Morgan fingerprint density at radius 1 is 0.846 bits per heavy atom. The van der Waals surface area contributed by atoms with E-state index < -0.39 is 11.7 Å². The molecule has 0 unspecified atom stereocenters. The number of fused-ring (bicyclic) bond motifs is 3. The summed E-state index contributed by atoms with van der Waals surface area (Å²) in [6.45, 7) is 1.93. The van der Waals surface area contributed by atoms with Gasteiger partial charge >= 0.3 is 6.18 Å². The van der Waals surface area contributed by atoms with Crippen LogP contribution in [0.25, 0.3) is 21.7 Å². The van der Waals surface area contributed by atoms with Gasteiger partial charge in [0.2, 0.25) is 5.52 Å². The lowest BCUT2D eigenvalue weighted by molar-refractivity contribution is -0.353. The highest BCUT2D eigenvalue weighted by Crippen LogP contribution is 2.33. The van der Waals surface area contributed by atoms with Gasteiger partial charge in [0.25, 0.3) is 0 Å². The monoisotopic (exact) mass is 353 g/mol. The van der Waals surface area contributed by atoms with Crippen LogP contribution >= 0.6 is 0 Å². The van der Waals surface area contributed by atoms with Crippen molar-refractivity contribution in [3.05, 3.63) is 78.0 Å². The predicted molar refractivity (Wildman–Crippen MR) is 97.5 cm³/mol. The van der Waals surface area contributed by atoms with Crippen molar-refractivity contribution in [3.63, 3.8) is 0 Å². The molecule has 0 aliphatic rings. The minimum absolute atomic E-state index is 0.403. The summed E-state index contributed by atoms with van der Waals surface area (Å²) < 4.78 is 38.9. The number of pyridine rings is 1. The lowest BCUT2D eigenvalue weighted by Crippen LogP contribution is -2.11. The Kier molecular flexibility index (Phi) is 3.80. The zero-order valence-corrected chi connectivity index (χ0v) is 14.0. The first-order chi connectivity index (χ1) is 12.4. The highest BCUT2D eigenvalue weighted by Gasteiger charge is 2.30.